The minimum atomic E-state index is -0.481. The van der Waals surface area contributed by atoms with Crippen molar-refractivity contribution in [1.29, 1.82) is 0 Å². The monoisotopic (exact) mass is 298 g/mol. The molecule has 0 saturated heterocycles. The first-order chi connectivity index (χ1) is 10.6. The summed E-state index contributed by atoms with van der Waals surface area (Å²) in [6.45, 7) is 2.09. The number of fused-ring (bicyclic) bond motifs is 5. The van der Waals surface area contributed by atoms with E-state index in [4.69, 9.17) is 4.74 Å². The van der Waals surface area contributed by atoms with Crippen LogP contribution < -0.4 is 4.74 Å². The van der Waals surface area contributed by atoms with Gasteiger partial charge in [-0.25, -0.2) is 0 Å². The topological polar surface area (TPSA) is 46.5 Å². The number of methoxy groups -OCH3 is 1. The molecule has 0 heterocycles. The predicted octanol–water partition coefficient (Wildman–Crippen LogP) is 3.15. The van der Waals surface area contributed by atoms with Crippen LogP contribution in [-0.4, -0.2) is 24.1 Å². The van der Waals surface area contributed by atoms with Crippen LogP contribution in [0, 0.1) is 11.3 Å². The van der Waals surface area contributed by atoms with Crippen molar-refractivity contribution in [3.8, 4) is 5.75 Å². The standard InChI is InChI=1S/C19H22O3/c1-19-9-8-16(20)14(18(19)21)10-13-11-4-3-5-17(22-2)12(11)6-7-15(13)19/h3-5,14,16,20H,6-10H2,1-2H3. The van der Waals surface area contributed by atoms with Crippen molar-refractivity contribution in [1.82, 2.24) is 0 Å². The molecule has 1 saturated carbocycles. The first-order valence-corrected chi connectivity index (χ1v) is 8.17. The average Bonchev–Trinajstić information content (AvgIpc) is 2.53. The first-order valence-electron chi connectivity index (χ1n) is 8.17. The van der Waals surface area contributed by atoms with E-state index in [-0.39, 0.29) is 17.1 Å². The zero-order chi connectivity index (χ0) is 15.5. The summed E-state index contributed by atoms with van der Waals surface area (Å²) in [5.74, 6) is 0.975. The molecule has 0 radical (unpaired) electrons. The second-order valence-corrected chi connectivity index (χ2v) is 7.06. The Labute approximate surface area is 131 Å². The Morgan fingerprint density at radius 3 is 2.91 bits per heavy atom. The lowest BCUT2D eigenvalue weighted by Gasteiger charge is -2.48. The second-order valence-electron chi connectivity index (χ2n) is 7.06. The molecular weight excluding hydrogens is 276 g/mol. The fourth-order valence-corrected chi connectivity index (χ4v) is 4.80. The van der Waals surface area contributed by atoms with Crippen LogP contribution in [0.25, 0.3) is 5.57 Å². The van der Waals surface area contributed by atoms with Crippen LogP contribution in [0.3, 0.4) is 0 Å². The lowest BCUT2D eigenvalue weighted by atomic mass is 9.55. The van der Waals surface area contributed by atoms with E-state index in [1.807, 2.05) is 12.1 Å². The smallest absolute Gasteiger partial charge is 0.148 e. The zero-order valence-electron chi connectivity index (χ0n) is 13.2. The SMILES string of the molecule is COc1cccc2c1CCC1=C2CC2C(=O)C1(C)CCC2O. The Morgan fingerprint density at radius 2 is 2.14 bits per heavy atom. The van der Waals surface area contributed by atoms with Crippen LogP contribution in [0.15, 0.2) is 23.8 Å². The van der Waals surface area contributed by atoms with Crippen molar-refractivity contribution in [2.45, 2.75) is 45.1 Å². The maximum Gasteiger partial charge on any atom is 0.148 e. The van der Waals surface area contributed by atoms with Crippen molar-refractivity contribution in [3.05, 3.63) is 34.9 Å². The normalized spacial score (nSPS) is 33.3. The molecule has 1 aromatic rings. The van der Waals surface area contributed by atoms with Gasteiger partial charge in [-0.05, 0) is 56.2 Å². The molecule has 3 nitrogen and oxygen atoms in total. The highest BCUT2D eigenvalue weighted by atomic mass is 16.5. The second kappa shape index (κ2) is 4.69. The minimum Gasteiger partial charge on any atom is -0.496 e. The molecule has 4 rings (SSSR count). The van der Waals surface area contributed by atoms with Gasteiger partial charge in [0.15, 0.2) is 0 Å². The van der Waals surface area contributed by atoms with Gasteiger partial charge in [0.05, 0.1) is 13.2 Å². The van der Waals surface area contributed by atoms with Gasteiger partial charge in [-0.15, -0.1) is 0 Å². The fraction of sp³-hybridized carbons (Fsp3) is 0.526. The van der Waals surface area contributed by atoms with Crippen LogP contribution in [0.1, 0.15) is 43.7 Å². The Hall–Kier alpha value is -1.61. The van der Waals surface area contributed by atoms with E-state index < -0.39 is 6.10 Å². The highest BCUT2D eigenvalue weighted by Crippen LogP contribution is 2.55. The van der Waals surface area contributed by atoms with E-state index in [0.717, 1.165) is 31.4 Å². The van der Waals surface area contributed by atoms with Crippen LogP contribution in [0.4, 0.5) is 0 Å². The third-order valence-corrected chi connectivity index (χ3v) is 6.04. The molecule has 0 amide bonds. The molecule has 1 fully saturated rings. The van der Waals surface area contributed by atoms with Crippen molar-refractivity contribution in [2.75, 3.05) is 7.11 Å². The fourth-order valence-electron chi connectivity index (χ4n) is 4.80. The van der Waals surface area contributed by atoms with Crippen LogP contribution >= 0.6 is 0 Å². The third kappa shape index (κ3) is 1.69. The zero-order valence-corrected chi connectivity index (χ0v) is 13.2. The van der Waals surface area contributed by atoms with E-state index in [9.17, 15) is 9.90 Å². The number of ether oxygens (including phenoxy) is 1. The highest BCUT2D eigenvalue weighted by Gasteiger charge is 2.52. The summed E-state index contributed by atoms with van der Waals surface area (Å²) < 4.78 is 5.51. The Morgan fingerprint density at radius 1 is 1.32 bits per heavy atom. The van der Waals surface area contributed by atoms with Gasteiger partial charge >= 0.3 is 0 Å². The summed E-state index contributed by atoms with van der Waals surface area (Å²) in [6.07, 6.45) is 3.61. The number of Topliss-reactive ketones (excluding diaryl/α,β-unsaturated/α-hetero) is 1. The van der Waals surface area contributed by atoms with Gasteiger partial charge in [0.25, 0.3) is 0 Å². The molecule has 0 aliphatic heterocycles. The molecule has 1 N–H and O–H groups in total. The van der Waals surface area contributed by atoms with Crippen LogP contribution in [0.5, 0.6) is 5.75 Å². The summed E-state index contributed by atoms with van der Waals surface area (Å²) in [6, 6.07) is 6.18. The number of ketones is 1. The van der Waals surface area contributed by atoms with Gasteiger partial charge in [-0.1, -0.05) is 17.7 Å². The molecule has 3 heteroatoms. The molecule has 22 heavy (non-hydrogen) atoms. The number of carbonyl (C=O) groups is 1. The van der Waals surface area contributed by atoms with Crippen LogP contribution in [-0.2, 0) is 11.2 Å². The lowest BCUT2D eigenvalue weighted by molar-refractivity contribution is -0.139. The molecule has 3 unspecified atom stereocenters. The first kappa shape index (κ1) is 14.0. The minimum absolute atomic E-state index is 0.227. The number of hydrogen-bond donors (Lipinski definition) is 1. The molecule has 3 aliphatic rings. The molecule has 3 aliphatic carbocycles. The number of hydrogen-bond acceptors (Lipinski definition) is 3. The van der Waals surface area contributed by atoms with E-state index in [2.05, 4.69) is 13.0 Å². The Kier molecular flexibility index (Phi) is 2.99. The van der Waals surface area contributed by atoms with Gasteiger partial charge < -0.3 is 9.84 Å². The van der Waals surface area contributed by atoms with E-state index in [1.165, 1.54) is 22.3 Å². The summed E-state index contributed by atoms with van der Waals surface area (Å²) >= 11 is 0. The van der Waals surface area contributed by atoms with Gasteiger partial charge in [-0.3, -0.25) is 4.79 Å². The molecule has 2 bridgehead atoms. The van der Waals surface area contributed by atoms with Gasteiger partial charge in [0, 0.05) is 16.9 Å². The Bertz CT molecular complexity index is 688. The molecule has 1 aromatic carbocycles. The quantitative estimate of drug-likeness (QED) is 0.866. The number of aliphatic hydroxyl groups is 1. The lowest BCUT2D eigenvalue weighted by Crippen LogP contribution is -2.49. The predicted molar refractivity (Wildman–Crippen MR) is 84.7 cm³/mol. The third-order valence-electron chi connectivity index (χ3n) is 6.04. The van der Waals surface area contributed by atoms with E-state index in [0.29, 0.717) is 6.42 Å². The van der Waals surface area contributed by atoms with Gasteiger partial charge in [-0.2, -0.15) is 0 Å². The van der Waals surface area contributed by atoms with E-state index >= 15 is 0 Å². The Balaban J connectivity index is 1.91. The summed E-state index contributed by atoms with van der Waals surface area (Å²) in [7, 11) is 1.71. The molecule has 0 spiro atoms. The van der Waals surface area contributed by atoms with Crippen molar-refractivity contribution in [2.24, 2.45) is 11.3 Å². The number of allylic oxidation sites excluding steroid dienone is 2. The van der Waals surface area contributed by atoms with Crippen molar-refractivity contribution < 1.29 is 14.6 Å². The van der Waals surface area contributed by atoms with Gasteiger partial charge in [0.2, 0.25) is 0 Å². The van der Waals surface area contributed by atoms with Gasteiger partial charge in [0.1, 0.15) is 11.5 Å². The molecule has 0 aromatic heterocycles. The van der Waals surface area contributed by atoms with E-state index in [1.54, 1.807) is 7.11 Å². The maximum absolute atomic E-state index is 12.8. The number of aliphatic hydroxyl groups excluding tert-OH is 1. The average molecular weight is 298 g/mol. The van der Waals surface area contributed by atoms with Crippen molar-refractivity contribution in [3.63, 3.8) is 0 Å². The summed E-state index contributed by atoms with van der Waals surface area (Å²) in [4.78, 5) is 12.8. The molecule has 116 valence electrons. The number of rotatable bonds is 1. The molecular formula is C19H22O3. The maximum atomic E-state index is 12.8. The summed E-state index contributed by atoms with van der Waals surface area (Å²) in [5, 5.41) is 10.3. The number of carbonyl (C=O) groups excluding carboxylic acids is 1. The largest absolute Gasteiger partial charge is 0.496 e. The molecule has 3 atom stereocenters. The van der Waals surface area contributed by atoms with Crippen LogP contribution in [0.2, 0.25) is 0 Å². The number of benzene rings is 1. The summed E-state index contributed by atoms with van der Waals surface area (Å²) in [5.41, 5.74) is 4.75. The van der Waals surface area contributed by atoms with Crippen molar-refractivity contribution >= 4 is 11.4 Å². The highest BCUT2D eigenvalue weighted by molar-refractivity contribution is 5.98.